The van der Waals surface area contributed by atoms with Crippen LogP contribution in [0, 0.1) is 5.92 Å². The van der Waals surface area contributed by atoms with E-state index >= 15 is 0 Å². The molecule has 0 aromatic heterocycles. The van der Waals surface area contributed by atoms with Crippen LogP contribution in [0.1, 0.15) is 47.5 Å². The molecule has 1 amide bonds. The molecule has 0 spiro atoms. The zero-order valence-electron chi connectivity index (χ0n) is 10.7. The highest BCUT2D eigenvalue weighted by Gasteiger charge is 2.40. The summed E-state index contributed by atoms with van der Waals surface area (Å²) in [5, 5.41) is 2.79. The average molecular weight is 227 g/mol. The molecule has 4 heteroatoms. The SMILES string of the molecule is CC1CC(C)(NC(=O)OC(C)(C)C)CC1=O. The number of carbonyl (C=O) groups is 2. The maximum absolute atomic E-state index is 11.6. The van der Waals surface area contributed by atoms with Gasteiger partial charge in [-0.05, 0) is 34.1 Å². The largest absolute Gasteiger partial charge is 0.444 e. The van der Waals surface area contributed by atoms with Crippen LogP contribution in [-0.4, -0.2) is 23.0 Å². The van der Waals surface area contributed by atoms with Crippen LogP contribution >= 0.6 is 0 Å². The third-order valence-corrected chi connectivity index (χ3v) is 2.67. The third-order valence-electron chi connectivity index (χ3n) is 2.67. The summed E-state index contributed by atoms with van der Waals surface area (Å²) in [4.78, 5) is 23.1. The molecule has 1 N–H and O–H groups in total. The van der Waals surface area contributed by atoms with Gasteiger partial charge in [0, 0.05) is 17.9 Å². The lowest BCUT2D eigenvalue weighted by molar-refractivity contribution is -0.120. The standard InChI is InChI=1S/C12H21NO3/c1-8-6-12(5,7-9(8)14)13-10(15)16-11(2,3)4/h8H,6-7H2,1-5H3,(H,13,15). The lowest BCUT2D eigenvalue weighted by Crippen LogP contribution is -2.46. The molecular weight excluding hydrogens is 206 g/mol. The fourth-order valence-electron chi connectivity index (χ4n) is 2.07. The second-order valence-corrected chi connectivity index (χ2v) is 5.94. The van der Waals surface area contributed by atoms with Crippen molar-refractivity contribution in [3.63, 3.8) is 0 Å². The van der Waals surface area contributed by atoms with Crippen molar-refractivity contribution in [1.29, 1.82) is 0 Å². The number of alkyl carbamates (subject to hydrolysis) is 1. The highest BCUT2D eigenvalue weighted by Crippen LogP contribution is 2.31. The Labute approximate surface area is 96.7 Å². The molecule has 1 fully saturated rings. The summed E-state index contributed by atoms with van der Waals surface area (Å²) in [5.74, 6) is 0.235. The number of rotatable bonds is 1. The molecule has 2 unspecified atom stereocenters. The van der Waals surface area contributed by atoms with Gasteiger partial charge in [0.1, 0.15) is 11.4 Å². The van der Waals surface area contributed by atoms with Gasteiger partial charge in [0.05, 0.1) is 0 Å². The summed E-state index contributed by atoms with van der Waals surface area (Å²) < 4.78 is 5.17. The van der Waals surface area contributed by atoms with Crippen LogP contribution in [0.5, 0.6) is 0 Å². The Balaban J connectivity index is 2.55. The second kappa shape index (κ2) is 4.07. The van der Waals surface area contributed by atoms with Crippen molar-refractivity contribution in [2.24, 2.45) is 5.92 Å². The molecule has 1 saturated carbocycles. The van der Waals surface area contributed by atoms with Gasteiger partial charge in [0.2, 0.25) is 0 Å². The highest BCUT2D eigenvalue weighted by atomic mass is 16.6. The molecule has 0 saturated heterocycles. The molecular formula is C12H21NO3. The molecule has 16 heavy (non-hydrogen) atoms. The third kappa shape index (κ3) is 3.51. The van der Waals surface area contributed by atoms with E-state index in [9.17, 15) is 9.59 Å². The van der Waals surface area contributed by atoms with E-state index in [-0.39, 0.29) is 11.7 Å². The summed E-state index contributed by atoms with van der Waals surface area (Å²) in [6.07, 6.45) is 0.635. The van der Waals surface area contributed by atoms with Crippen LogP contribution in [0.3, 0.4) is 0 Å². The van der Waals surface area contributed by atoms with Crippen LogP contribution in [0.2, 0.25) is 0 Å². The van der Waals surface area contributed by atoms with Crippen molar-refractivity contribution >= 4 is 11.9 Å². The molecule has 2 atom stereocenters. The van der Waals surface area contributed by atoms with Crippen LogP contribution < -0.4 is 5.32 Å². The predicted molar refractivity (Wildman–Crippen MR) is 61.2 cm³/mol. The summed E-state index contributed by atoms with van der Waals surface area (Å²) in [7, 11) is 0. The zero-order chi connectivity index (χ0) is 12.6. The molecule has 1 rings (SSSR count). The number of amides is 1. The number of Topliss-reactive ketones (excluding diaryl/α,β-unsaturated/α-hetero) is 1. The Morgan fingerprint density at radius 1 is 1.50 bits per heavy atom. The highest BCUT2D eigenvalue weighted by molar-refractivity contribution is 5.85. The molecule has 4 nitrogen and oxygen atoms in total. The lowest BCUT2D eigenvalue weighted by Gasteiger charge is -2.27. The minimum absolute atomic E-state index is 0.0277. The number of ether oxygens (including phenoxy) is 1. The normalized spacial score (nSPS) is 30.3. The molecule has 0 radical (unpaired) electrons. The first kappa shape index (κ1) is 13.0. The summed E-state index contributed by atoms with van der Waals surface area (Å²) >= 11 is 0. The molecule has 0 aromatic rings. The van der Waals surface area contributed by atoms with E-state index in [1.54, 1.807) is 0 Å². The van der Waals surface area contributed by atoms with Gasteiger partial charge in [-0.15, -0.1) is 0 Å². The van der Waals surface area contributed by atoms with Crippen molar-refractivity contribution in [1.82, 2.24) is 5.32 Å². The molecule has 0 aliphatic heterocycles. The fourth-order valence-corrected chi connectivity index (χ4v) is 2.07. The van der Waals surface area contributed by atoms with Gasteiger partial charge in [-0.25, -0.2) is 4.79 Å². The topological polar surface area (TPSA) is 55.4 Å². The smallest absolute Gasteiger partial charge is 0.408 e. The zero-order valence-corrected chi connectivity index (χ0v) is 10.7. The van der Waals surface area contributed by atoms with Gasteiger partial charge in [-0.2, -0.15) is 0 Å². The van der Waals surface area contributed by atoms with E-state index in [2.05, 4.69) is 5.32 Å². The van der Waals surface area contributed by atoms with Crippen molar-refractivity contribution in [2.75, 3.05) is 0 Å². The van der Waals surface area contributed by atoms with E-state index in [1.807, 2.05) is 34.6 Å². The van der Waals surface area contributed by atoms with Gasteiger partial charge in [-0.1, -0.05) is 6.92 Å². The average Bonchev–Trinajstić information content (AvgIpc) is 2.19. The first-order valence-electron chi connectivity index (χ1n) is 5.65. The van der Waals surface area contributed by atoms with Crippen LogP contribution in [0.15, 0.2) is 0 Å². The predicted octanol–water partition coefficient (Wildman–Crippen LogP) is 2.27. The van der Waals surface area contributed by atoms with Crippen LogP contribution in [-0.2, 0) is 9.53 Å². The Bertz CT molecular complexity index is 306. The Hall–Kier alpha value is -1.06. The molecule has 1 aliphatic carbocycles. The number of hydrogen-bond donors (Lipinski definition) is 1. The number of nitrogens with one attached hydrogen (secondary N) is 1. The lowest BCUT2D eigenvalue weighted by atomic mass is 9.99. The minimum Gasteiger partial charge on any atom is -0.444 e. The Morgan fingerprint density at radius 3 is 2.44 bits per heavy atom. The summed E-state index contributed by atoms with van der Waals surface area (Å²) in [6.45, 7) is 9.23. The van der Waals surface area contributed by atoms with Gasteiger partial charge < -0.3 is 10.1 Å². The summed E-state index contributed by atoms with van der Waals surface area (Å²) in [6, 6.07) is 0. The second-order valence-electron chi connectivity index (χ2n) is 5.94. The summed E-state index contributed by atoms with van der Waals surface area (Å²) in [5.41, 5.74) is -0.951. The van der Waals surface area contributed by atoms with Gasteiger partial charge >= 0.3 is 6.09 Å². The van der Waals surface area contributed by atoms with Crippen LogP contribution in [0.4, 0.5) is 4.79 Å². The molecule has 0 bridgehead atoms. The van der Waals surface area contributed by atoms with Gasteiger partial charge in [0.25, 0.3) is 0 Å². The van der Waals surface area contributed by atoms with E-state index < -0.39 is 17.2 Å². The van der Waals surface area contributed by atoms with Crippen LogP contribution in [0.25, 0.3) is 0 Å². The van der Waals surface area contributed by atoms with E-state index in [0.717, 1.165) is 0 Å². The number of ketones is 1. The Morgan fingerprint density at radius 2 is 2.06 bits per heavy atom. The maximum Gasteiger partial charge on any atom is 0.408 e. The van der Waals surface area contributed by atoms with Crippen molar-refractivity contribution < 1.29 is 14.3 Å². The maximum atomic E-state index is 11.6. The molecule has 0 heterocycles. The van der Waals surface area contributed by atoms with Gasteiger partial charge in [0.15, 0.2) is 0 Å². The van der Waals surface area contributed by atoms with E-state index in [4.69, 9.17) is 4.74 Å². The quantitative estimate of drug-likeness (QED) is 0.747. The van der Waals surface area contributed by atoms with Crippen molar-refractivity contribution in [3.8, 4) is 0 Å². The monoisotopic (exact) mass is 227 g/mol. The fraction of sp³-hybridized carbons (Fsp3) is 0.833. The first-order chi connectivity index (χ1) is 7.11. The first-order valence-corrected chi connectivity index (χ1v) is 5.65. The minimum atomic E-state index is -0.505. The van der Waals surface area contributed by atoms with E-state index in [1.165, 1.54) is 0 Å². The molecule has 92 valence electrons. The number of hydrogen-bond acceptors (Lipinski definition) is 3. The van der Waals surface area contributed by atoms with E-state index in [0.29, 0.717) is 12.8 Å². The van der Waals surface area contributed by atoms with Crippen molar-refractivity contribution in [2.45, 2.75) is 58.6 Å². The van der Waals surface area contributed by atoms with Crippen molar-refractivity contribution in [3.05, 3.63) is 0 Å². The Kier molecular flexibility index (Phi) is 3.31. The molecule has 0 aromatic carbocycles. The molecule has 1 aliphatic rings. The van der Waals surface area contributed by atoms with Gasteiger partial charge in [-0.3, -0.25) is 4.79 Å². The number of carbonyl (C=O) groups excluding carboxylic acids is 2.